The van der Waals surface area contributed by atoms with Crippen LogP contribution < -0.4 is 5.32 Å². The van der Waals surface area contributed by atoms with Crippen LogP contribution in [-0.4, -0.2) is 126 Å². The molecule has 0 aromatic carbocycles. The van der Waals surface area contributed by atoms with Crippen LogP contribution >= 0.6 is 6.72 Å². The zero-order chi connectivity index (χ0) is 31.6. The predicted molar refractivity (Wildman–Crippen MR) is 172 cm³/mol. The molecule has 11 nitrogen and oxygen atoms in total. The first-order valence-electron chi connectivity index (χ1n) is 16.0. The Balaban J connectivity index is 1.37. The van der Waals surface area contributed by atoms with Crippen molar-refractivity contribution >= 4 is 51.2 Å². The fraction of sp³-hybridized carbons (Fsp3) is 1.00. The summed E-state index contributed by atoms with van der Waals surface area (Å²) in [7, 11) is 9.18. The van der Waals surface area contributed by atoms with Gasteiger partial charge >= 0.3 is 6.72 Å². The van der Waals surface area contributed by atoms with Crippen molar-refractivity contribution in [3.05, 3.63) is 0 Å². The first-order valence-corrected chi connectivity index (χ1v) is 22.5. The molecule has 11 atom stereocenters. The summed E-state index contributed by atoms with van der Waals surface area (Å²) >= 11 is 6.21. The third-order valence-corrected chi connectivity index (χ3v) is 12.2. The number of hydrogen-bond acceptors (Lipinski definition) is 12. The minimum Gasteiger partial charge on any atom is -0.424 e. The van der Waals surface area contributed by atoms with Gasteiger partial charge in [-0.15, -0.1) is 0 Å². The minimum atomic E-state index is -3.47. The standard InChI is InChI=1S/C27H48B2NO10PSSi2/c1-16(2)30-13-21-24(25-26(35-21)37-27(36-25)9-7-8-10-27)39-41(42,31-14-22-20(40-44(6)29)12-18(4)33-22)38-19-11-17(3)34-23(19)15-32-43(5)28/h16-26,30H,7-15H2,1-6H3. The molecule has 44 heavy (non-hydrogen) atoms. The highest BCUT2D eigenvalue weighted by Crippen LogP contribution is 2.57. The first-order chi connectivity index (χ1) is 20.8. The number of rotatable bonds is 15. The van der Waals surface area contributed by atoms with Crippen molar-refractivity contribution in [3.63, 3.8) is 0 Å². The van der Waals surface area contributed by atoms with E-state index in [1.807, 2.05) is 26.9 Å². The molecule has 5 rings (SSSR count). The topological polar surface area (TPSA) is 104 Å². The Hall–Kier alpha value is 0.774. The van der Waals surface area contributed by atoms with Crippen molar-refractivity contribution in [1.29, 1.82) is 0 Å². The summed E-state index contributed by atoms with van der Waals surface area (Å²) in [5.74, 6) is -0.642. The number of ether oxygens (including phenoxy) is 5. The monoisotopic (exact) mass is 687 g/mol. The molecule has 0 aromatic rings. The summed E-state index contributed by atoms with van der Waals surface area (Å²) < 4.78 is 63.6. The van der Waals surface area contributed by atoms with Gasteiger partial charge in [0.1, 0.15) is 30.5 Å². The first kappa shape index (κ1) is 36.1. The molecule has 0 amide bonds. The van der Waals surface area contributed by atoms with Crippen LogP contribution in [0.5, 0.6) is 0 Å². The quantitative estimate of drug-likeness (QED) is 0.202. The maximum Gasteiger partial charge on any atom is 0.328 e. The lowest BCUT2D eigenvalue weighted by atomic mass is 10.1. The average Bonchev–Trinajstić information content (AvgIpc) is 3.74. The van der Waals surface area contributed by atoms with Crippen LogP contribution in [0.25, 0.3) is 0 Å². The molecule has 5 fully saturated rings. The van der Waals surface area contributed by atoms with Crippen molar-refractivity contribution in [1.82, 2.24) is 5.32 Å². The SMILES string of the molecule is [B][Si](C)OCC1OC(C)CC1OP(=S)(OCC1OC(C)CC1O[Si]([B])C)OC1C(CNC(C)C)OC2OC3(CCCC3)OC21. The summed E-state index contributed by atoms with van der Waals surface area (Å²) in [4.78, 5) is 0. The molecule has 5 aliphatic rings. The van der Waals surface area contributed by atoms with Crippen LogP contribution in [0, 0.1) is 0 Å². The Kier molecular flexibility index (Phi) is 12.7. The lowest BCUT2D eigenvalue weighted by molar-refractivity contribution is -0.228. The van der Waals surface area contributed by atoms with Crippen LogP contribution in [0.2, 0.25) is 13.1 Å². The second-order valence-corrected chi connectivity index (χ2v) is 18.9. The van der Waals surface area contributed by atoms with Crippen molar-refractivity contribution in [2.75, 3.05) is 19.8 Å². The van der Waals surface area contributed by atoms with E-state index in [1.54, 1.807) is 0 Å². The van der Waals surface area contributed by atoms with Gasteiger partial charge in [0.25, 0.3) is 0 Å². The van der Waals surface area contributed by atoms with Gasteiger partial charge in [0.15, 0.2) is 29.9 Å². The van der Waals surface area contributed by atoms with Gasteiger partial charge in [-0.1, -0.05) is 26.9 Å². The molecular weight excluding hydrogens is 639 g/mol. The molecule has 0 aromatic heterocycles. The Bertz CT molecular complexity index is 989. The van der Waals surface area contributed by atoms with Crippen LogP contribution in [-0.2, 0) is 57.9 Å². The summed E-state index contributed by atoms with van der Waals surface area (Å²) in [6.45, 7) is 9.47. The Morgan fingerprint density at radius 1 is 0.909 bits per heavy atom. The van der Waals surface area contributed by atoms with E-state index < -0.39 is 54.9 Å². The summed E-state index contributed by atoms with van der Waals surface area (Å²) in [5.41, 5.74) is 0. The number of hydrogen-bond donors (Lipinski definition) is 1. The van der Waals surface area contributed by atoms with E-state index in [9.17, 15) is 0 Å². The Morgan fingerprint density at radius 3 is 2.20 bits per heavy atom. The second kappa shape index (κ2) is 15.5. The van der Waals surface area contributed by atoms with Crippen molar-refractivity contribution in [2.45, 2.75) is 152 Å². The van der Waals surface area contributed by atoms with Crippen LogP contribution in [0.4, 0.5) is 0 Å². The molecule has 1 N–H and O–H groups in total. The average molecular weight is 688 g/mol. The predicted octanol–water partition coefficient (Wildman–Crippen LogP) is 2.74. The van der Waals surface area contributed by atoms with Gasteiger partial charge in [-0.2, -0.15) is 0 Å². The second-order valence-electron chi connectivity index (χ2n) is 13.0. The summed E-state index contributed by atoms with van der Waals surface area (Å²) in [6, 6.07) is 0.245. The normalized spacial score (nSPS) is 39.8. The summed E-state index contributed by atoms with van der Waals surface area (Å²) in [5, 5.41) is 3.46. The molecule has 246 valence electrons. The zero-order valence-electron chi connectivity index (χ0n) is 26.8. The lowest BCUT2D eigenvalue weighted by Gasteiger charge is -2.34. The van der Waals surface area contributed by atoms with E-state index in [-0.39, 0.29) is 49.3 Å². The highest BCUT2D eigenvalue weighted by Gasteiger charge is 2.60. The Labute approximate surface area is 274 Å². The van der Waals surface area contributed by atoms with Crippen LogP contribution in [0.15, 0.2) is 0 Å². The zero-order valence-corrected chi connectivity index (χ0v) is 30.5. The lowest BCUT2D eigenvalue weighted by Crippen LogP contribution is -2.43. The Morgan fingerprint density at radius 2 is 1.57 bits per heavy atom. The molecule has 4 saturated heterocycles. The third-order valence-electron chi connectivity index (χ3n) is 8.54. The molecule has 4 heterocycles. The minimum absolute atomic E-state index is 0.00341. The van der Waals surface area contributed by atoms with Gasteiger partial charge < -0.3 is 46.9 Å². The van der Waals surface area contributed by atoms with E-state index in [1.165, 1.54) is 0 Å². The smallest absolute Gasteiger partial charge is 0.328 e. The van der Waals surface area contributed by atoms with Crippen molar-refractivity contribution in [3.8, 4) is 0 Å². The van der Waals surface area contributed by atoms with Gasteiger partial charge in [-0.3, -0.25) is 4.52 Å². The molecule has 1 spiro atoms. The van der Waals surface area contributed by atoms with Crippen molar-refractivity contribution in [2.24, 2.45) is 0 Å². The maximum atomic E-state index is 6.82. The van der Waals surface area contributed by atoms with E-state index in [0.29, 0.717) is 19.6 Å². The molecule has 17 heteroatoms. The largest absolute Gasteiger partial charge is 0.424 e. The highest BCUT2D eigenvalue weighted by molar-refractivity contribution is 8.07. The van der Waals surface area contributed by atoms with Crippen LogP contribution in [0.1, 0.15) is 66.2 Å². The molecule has 1 saturated carbocycles. The van der Waals surface area contributed by atoms with Gasteiger partial charge in [0.2, 0.25) is 0 Å². The molecule has 11 unspecified atom stereocenters. The molecule has 1 aliphatic carbocycles. The van der Waals surface area contributed by atoms with Gasteiger partial charge in [-0.25, -0.2) is 0 Å². The van der Waals surface area contributed by atoms with E-state index in [2.05, 4.69) is 19.2 Å². The number of nitrogens with one attached hydrogen (secondary N) is 1. The molecular formula is C27H48B2NO10PSSi2. The van der Waals surface area contributed by atoms with Gasteiger partial charge in [-0.05, 0) is 38.5 Å². The third kappa shape index (κ3) is 9.26. The fourth-order valence-corrected chi connectivity index (χ4v) is 10.2. The number of fused-ring (bicyclic) bond motifs is 1. The van der Waals surface area contributed by atoms with E-state index >= 15 is 0 Å². The molecule has 6 radical (unpaired) electrons. The highest BCUT2D eigenvalue weighted by atomic mass is 32.5. The molecule has 4 aliphatic heterocycles. The summed E-state index contributed by atoms with van der Waals surface area (Å²) in [6.07, 6.45) is 1.73. The van der Waals surface area contributed by atoms with Crippen molar-refractivity contribution < 1.29 is 46.1 Å². The fourth-order valence-electron chi connectivity index (χ4n) is 6.58. The van der Waals surface area contributed by atoms with E-state index in [4.69, 9.17) is 72.8 Å². The molecule has 0 bridgehead atoms. The van der Waals surface area contributed by atoms with E-state index in [0.717, 1.165) is 32.1 Å². The van der Waals surface area contributed by atoms with Gasteiger partial charge in [0, 0.05) is 38.3 Å². The van der Waals surface area contributed by atoms with Crippen LogP contribution in [0.3, 0.4) is 0 Å². The van der Waals surface area contributed by atoms with Gasteiger partial charge in [0.05, 0.1) is 52.5 Å². The maximum absolute atomic E-state index is 6.82.